The van der Waals surface area contributed by atoms with Crippen LogP contribution in [0.4, 0.5) is 13.2 Å². The van der Waals surface area contributed by atoms with Gasteiger partial charge in [-0.05, 0) is 12.1 Å². The third-order valence-corrected chi connectivity index (χ3v) is 3.44. The Labute approximate surface area is 119 Å². The van der Waals surface area contributed by atoms with Crippen LogP contribution in [-0.2, 0) is 13.0 Å². The average molecular weight is 301 g/mol. The van der Waals surface area contributed by atoms with E-state index < -0.39 is 17.1 Å². The van der Waals surface area contributed by atoms with Crippen molar-refractivity contribution in [2.24, 2.45) is 11.7 Å². The molecule has 0 saturated heterocycles. The highest BCUT2D eigenvalue weighted by molar-refractivity contribution is 7.80. The number of halogens is 3. The number of aromatic nitrogens is 2. The highest BCUT2D eigenvalue weighted by atomic mass is 32.1. The number of nitrogens with zero attached hydrogens (tertiary/aromatic N) is 2. The van der Waals surface area contributed by atoms with Gasteiger partial charge in [0.05, 0.1) is 16.0 Å². The van der Waals surface area contributed by atoms with Gasteiger partial charge in [0.25, 0.3) is 0 Å². The minimum Gasteiger partial charge on any atom is -0.393 e. The van der Waals surface area contributed by atoms with Crippen molar-refractivity contribution in [2.45, 2.75) is 26.1 Å². The van der Waals surface area contributed by atoms with Gasteiger partial charge in [0.15, 0.2) is 0 Å². The summed E-state index contributed by atoms with van der Waals surface area (Å²) in [6.45, 7) is 1.52. The first kappa shape index (κ1) is 14.8. The number of thiocarbonyl (C=S) groups is 1. The molecule has 2 N–H and O–H groups in total. The van der Waals surface area contributed by atoms with Crippen LogP contribution in [-0.4, -0.2) is 20.7 Å². The Balaban J connectivity index is 2.49. The lowest BCUT2D eigenvalue weighted by molar-refractivity contribution is -0.157. The number of para-hydroxylation sites is 2. The monoisotopic (exact) mass is 301 g/mol. The van der Waals surface area contributed by atoms with Crippen molar-refractivity contribution in [3.8, 4) is 0 Å². The van der Waals surface area contributed by atoms with E-state index in [4.69, 9.17) is 5.73 Å². The van der Waals surface area contributed by atoms with E-state index in [2.05, 4.69) is 17.2 Å². The maximum Gasteiger partial charge on any atom is 0.399 e. The summed E-state index contributed by atoms with van der Waals surface area (Å²) >= 11 is 4.56. The number of aryl methyl sites for hydroxylation is 1. The summed E-state index contributed by atoms with van der Waals surface area (Å²) in [5, 5.41) is 0. The molecule has 7 heteroatoms. The Morgan fingerprint density at radius 3 is 2.60 bits per heavy atom. The molecule has 20 heavy (non-hydrogen) atoms. The van der Waals surface area contributed by atoms with Crippen molar-refractivity contribution in [2.75, 3.05) is 0 Å². The van der Waals surface area contributed by atoms with Crippen molar-refractivity contribution in [3.63, 3.8) is 0 Å². The van der Waals surface area contributed by atoms with Crippen molar-refractivity contribution in [1.82, 2.24) is 9.55 Å². The zero-order valence-electron chi connectivity index (χ0n) is 10.8. The van der Waals surface area contributed by atoms with Crippen LogP contribution in [0.5, 0.6) is 0 Å². The molecule has 3 nitrogen and oxygen atoms in total. The fraction of sp³-hybridized carbons (Fsp3) is 0.385. The fourth-order valence-corrected chi connectivity index (χ4v) is 2.34. The quantitative estimate of drug-likeness (QED) is 0.883. The molecule has 0 aliphatic heterocycles. The highest BCUT2D eigenvalue weighted by Crippen LogP contribution is 2.29. The fourth-order valence-electron chi connectivity index (χ4n) is 2.14. The van der Waals surface area contributed by atoms with Gasteiger partial charge in [0.1, 0.15) is 11.7 Å². The number of hydrogen-bond donors (Lipinski definition) is 1. The van der Waals surface area contributed by atoms with Gasteiger partial charge in [0, 0.05) is 13.0 Å². The lowest BCUT2D eigenvalue weighted by atomic mass is 10.1. The van der Waals surface area contributed by atoms with Crippen LogP contribution in [0.3, 0.4) is 0 Å². The summed E-state index contributed by atoms with van der Waals surface area (Å²) in [6.07, 6.45) is -3.92. The van der Waals surface area contributed by atoms with Crippen LogP contribution in [0.25, 0.3) is 11.0 Å². The molecule has 1 heterocycles. The van der Waals surface area contributed by atoms with Gasteiger partial charge in [-0.1, -0.05) is 31.3 Å². The van der Waals surface area contributed by atoms with E-state index >= 15 is 0 Å². The molecule has 0 radical (unpaired) electrons. The van der Waals surface area contributed by atoms with Gasteiger partial charge >= 0.3 is 6.18 Å². The second-order valence-electron chi connectivity index (χ2n) is 4.48. The molecule has 2 rings (SSSR count). The minimum atomic E-state index is -4.46. The topological polar surface area (TPSA) is 43.8 Å². The number of rotatable bonds is 4. The van der Waals surface area contributed by atoms with Crippen LogP contribution < -0.4 is 5.73 Å². The third-order valence-electron chi connectivity index (χ3n) is 3.15. The van der Waals surface area contributed by atoms with Crippen LogP contribution in [0.15, 0.2) is 24.3 Å². The molecule has 0 amide bonds. The summed E-state index contributed by atoms with van der Waals surface area (Å²) in [4.78, 5) is 3.79. The first-order valence-corrected chi connectivity index (χ1v) is 6.55. The Morgan fingerprint density at radius 2 is 2.05 bits per heavy atom. The van der Waals surface area contributed by atoms with Gasteiger partial charge in [-0.15, -0.1) is 0 Å². The Morgan fingerprint density at radius 1 is 1.40 bits per heavy atom. The predicted octanol–water partition coefficient (Wildman–Crippen LogP) is 3.06. The summed E-state index contributed by atoms with van der Waals surface area (Å²) in [7, 11) is 0. The van der Waals surface area contributed by atoms with Crippen molar-refractivity contribution in [3.05, 3.63) is 30.1 Å². The van der Waals surface area contributed by atoms with E-state index in [9.17, 15) is 13.2 Å². The molecule has 1 atom stereocenters. The summed E-state index contributed by atoms with van der Waals surface area (Å²) < 4.78 is 40.5. The Kier molecular flexibility index (Phi) is 3.99. The van der Waals surface area contributed by atoms with E-state index in [1.807, 2.05) is 6.92 Å². The standard InChI is InChI=1S/C13H14F3N3S/c1-2-11-18-9-5-3-4-6-10(9)19(11)7-8(12(17)20)13(14,15)16/h3-6,8H,2,7H2,1H3,(H2,17,20). The molecule has 0 fully saturated rings. The minimum absolute atomic E-state index is 0.331. The first-order valence-electron chi connectivity index (χ1n) is 6.14. The van der Waals surface area contributed by atoms with Crippen molar-refractivity contribution >= 4 is 28.2 Å². The number of alkyl halides is 3. The van der Waals surface area contributed by atoms with Crippen molar-refractivity contribution < 1.29 is 13.2 Å². The number of hydrogen-bond acceptors (Lipinski definition) is 2. The molecule has 1 aromatic carbocycles. The van der Waals surface area contributed by atoms with E-state index in [1.54, 1.807) is 28.8 Å². The second-order valence-corrected chi connectivity index (χ2v) is 4.95. The van der Waals surface area contributed by atoms with Crippen LogP contribution in [0, 0.1) is 5.92 Å². The molecule has 1 unspecified atom stereocenters. The summed E-state index contributed by atoms with van der Waals surface area (Å²) in [6, 6.07) is 7.08. The SMILES string of the molecule is CCc1nc2ccccc2n1CC(C(N)=S)C(F)(F)F. The van der Waals surface area contributed by atoms with E-state index in [1.165, 1.54) is 0 Å². The molecule has 0 bridgehead atoms. The first-order chi connectivity index (χ1) is 9.34. The molecule has 108 valence electrons. The average Bonchev–Trinajstić information content (AvgIpc) is 2.71. The van der Waals surface area contributed by atoms with Crippen LogP contribution >= 0.6 is 12.2 Å². The molecule has 0 aliphatic rings. The van der Waals surface area contributed by atoms with Gasteiger partial charge in [-0.3, -0.25) is 0 Å². The predicted molar refractivity (Wildman–Crippen MR) is 75.4 cm³/mol. The maximum absolute atomic E-state index is 13.0. The number of benzene rings is 1. The summed E-state index contributed by atoms with van der Waals surface area (Å²) in [5.41, 5.74) is 6.59. The van der Waals surface area contributed by atoms with E-state index in [0.29, 0.717) is 23.3 Å². The smallest absolute Gasteiger partial charge is 0.393 e. The van der Waals surface area contributed by atoms with E-state index in [-0.39, 0.29) is 6.54 Å². The van der Waals surface area contributed by atoms with Crippen molar-refractivity contribution in [1.29, 1.82) is 0 Å². The zero-order chi connectivity index (χ0) is 14.9. The molecular weight excluding hydrogens is 287 g/mol. The zero-order valence-corrected chi connectivity index (χ0v) is 11.6. The Bertz CT molecular complexity index is 633. The number of imidazole rings is 1. The molecule has 0 aliphatic carbocycles. The second kappa shape index (κ2) is 5.40. The Hall–Kier alpha value is -1.63. The largest absolute Gasteiger partial charge is 0.399 e. The number of fused-ring (bicyclic) bond motifs is 1. The normalized spacial score (nSPS) is 13.6. The molecule has 0 saturated carbocycles. The molecule has 2 aromatic rings. The lowest BCUT2D eigenvalue weighted by Crippen LogP contribution is -2.37. The molecule has 0 spiro atoms. The van der Waals surface area contributed by atoms with Gasteiger partial charge in [-0.25, -0.2) is 4.98 Å². The third kappa shape index (κ3) is 2.77. The molecule has 1 aromatic heterocycles. The highest BCUT2D eigenvalue weighted by Gasteiger charge is 2.42. The van der Waals surface area contributed by atoms with Crippen LogP contribution in [0.2, 0.25) is 0 Å². The van der Waals surface area contributed by atoms with Gasteiger partial charge in [0.2, 0.25) is 0 Å². The van der Waals surface area contributed by atoms with E-state index in [0.717, 1.165) is 0 Å². The lowest BCUT2D eigenvalue weighted by Gasteiger charge is -2.20. The molecular formula is C13H14F3N3S. The summed E-state index contributed by atoms with van der Waals surface area (Å²) in [5.74, 6) is -1.25. The maximum atomic E-state index is 13.0. The van der Waals surface area contributed by atoms with Crippen LogP contribution in [0.1, 0.15) is 12.7 Å². The number of nitrogens with two attached hydrogens (primary N) is 1. The van der Waals surface area contributed by atoms with Gasteiger partial charge < -0.3 is 10.3 Å². The van der Waals surface area contributed by atoms with Gasteiger partial charge in [-0.2, -0.15) is 13.2 Å².